The molecule has 0 atom stereocenters. The summed E-state index contributed by atoms with van der Waals surface area (Å²) in [5.74, 6) is 1.20. The van der Waals surface area contributed by atoms with Crippen LogP contribution in [0.15, 0.2) is 27.2 Å². The lowest BCUT2D eigenvalue weighted by atomic mass is 10.3. The molecule has 2 rings (SSSR count). The van der Waals surface area contributed by atoms with Crippen LogP contribution in [0, 0.1) is 0 Å². The van der Waals surface area contributed by atoms with Gasteiger partial charge in [0.25, 0.3) is 0 Å². The van der Waals surface area contributed by atoms with Crippen molar-refractivity contribution in [3.05, 3.63) is 33.8 Å². The first-order valence-corrected chi connectivity index (χ1v) is 5.65. The summed E-state index contributed by atoms with van der Waals surface area (Å²) in [6.07, 6.45) is 1.35. The minimum absolute atomic E-state index is 0.452. The van der Waals surface area contributed by atoms with Gasteiger partial charge in [-0.3, -0.25) is 0 Å². The summed E-state index contributed by atoms with van der Waals surface area (Å²) in [6.45, 7) is 0.452. The van der Waals surface area contributed by atoms with Gasteiger partial charge in [0, 0.05) is 17.9 Å². The first-order chi connectivity index (χ1) is 7.90. The molecule has 0 aliphatic heterocycles. The standard InChI is InChI=1S/C9H9N5OS/c10-14-11-5-1-4-8-12-9(13-15-8)7-3-2-6-16-7/h2-3,6H,1,4-5H2. The molecule has 0 aliphatic carbocycles. The Balaban J connectivity index is 1.95. The van der Waals surface area contributed by atoms with Crippen molar-refractivity contribution < 1.29 is 4.52 Å². The van der Waals surface area contributed by atoms with Crippen molar-refractivity contribution in [3.63, 3.8) is 0 Å². The van der Waals surface area contributed by atoms with Crippen LogP contribution < -0.4 is 0 Å². The molecular weight excluding hydrogens is 226 g/mol. The smallest absolute Gasteiger partial charge is 0.226 e. The van der Waals surface area contributed by atoms with Crippen LogP contribution >= 0.6 is 11.3 Å². The lowest BCUT2D eigenvalue weighted by Gasteiger charge is -1.88. The van der Waals surface area contributed by atoms with E-state index in [4.69, 9.17) is 10.1 Å². The number of rotatable bonds is 5. The van der Waals surface area contributed by atoms with Crippen LogP contribution in [0.25, 0.3) is 21.1 Å². The van der Waals surface area contributed by atoms with Gasteiger partial charge in [0.2, 0.25) is 11.7 Å². The number of nitrogens with zero attached hydrogens (tertiary/aromatic N) is 5. The Morgan fingerprint density at radius 1 is 1.56 bits per heavy atom. The zero-order valence-corrected chi connectivity index (χ0v) is 9.22. The van der Waals surface area contributed by atoms with Crippen molar-refractivity contribution in [2.75, 3.05) is 6.54 Å². The van der Waals surface area contributed by atoms with E-state index in [0.29, 0.717) is 24.7 Å². The highest BCUT2D eigenvalue weighted by atomic mass is 32.1. The average Bonchev–Trinajstić information content (AvgIpc) is 2.94. The molecule has 6 nitrogen and oxygen atoms in total. The maximum Gasteiger partial charge on any atom is 0.226 e. The molecule has 2 heterocycles. The summed E-state index contributed by atoms with van der Waals surface area (Å²) in [6, 6.07) is 3.89. The largest absolute Gasteiger partial charge is 0.339 e. The van der Waals surface area contributed by atoms with Crippen molar-refractivity contribution in [1.29, 1.82) is 0 Å². The highest BCUT2D eigenvalue weighted by Crippen LogP contribution is 2.21. The minimum Gasteiger partial charge on any atom is -0.339 e. The van der Waals surface area contributed by atoms with Crippen molar-refractivity contribution in [3.8, 4) is 10.7 Å². The van der Waals surface area contributed by atoms with E-state index in [2.05, 4.69) is 20.2 Å². The van der Waals surface area contributed by atoms with Gasteiger partial charge in [-0.05, 0) is 23.4 Å². The van der Waals surface area contributed by atoms with Gasteiger partial charge in [-0.15, -0.1) is 11.3 Å². The Morgan fingerprint density at radius 3 is 3.25 bits per heavy atom. The molecule has 0 N–H and O–H groups in total. The van der Waals surface area contributed by atoms with Crippen molar-refractivity contribution >= 4 is 11.3 Å². The van der Waals surface area contributed by atoms with Gasteiger partial charge in [-0.1, -0.05) is 16.3 Å². The third-order valence-electron chi connectivity index (χ3n) is 1.92. The van der Waals surface area contributed by atoms with E-state index in [1.807, 2.05) is 17.5 Å². The van der Waals surface area contributed by atoms with Crippen molar-refractivity contribution in [2.24, 2.45) is 5.11 Å². The maximum atomic E-state index is 8.10. The highest BCUT2D eigenvalue weighted by Gasteiger charge is 2.08. The van der Waals surface area contributed by atoms with Crippen molar-refractivity contribution in [2.45, 2.75) is 12.8 Å². The van der Waals surface area contributed by atoms with Gasteiger partial charge in [0.1, 0.15) is 0 Å². The van der Waals surface area contributed by atoms with Crippen molar-refractivity contribution in [1.82, 2.24) is 10.1 Å². The average molecular weight is 235 g/mol. The first kappa shape index (κ1) is 10.7. The summed E-state index contributed by atoms with van der Waals surface area (Å²) in [4.78, 5) is 7.91. The van der Waals surface area contributed by atoms with Crippen LogP contribution in [0.3, 0.4) is 0 Å². The van der Waals surface area contributed by atoms with Crippen LogP contribution in [0.4, 0.5) is 0 Å². The lowest BCUT2D eigenvalue weighted by molar-refractivity contribution is 0.377. The highest BCUT2D eigenvalue weighted by molar-refractivity contribution is 7.13. The molecule has 0 bridgehead atoms. The molecule has 82 valence electrons. The van der Waals surface area contributed by atoms with Crippen LogP contribution in [-0.4, -0.2) is 16.7 Å². The molecule has 2 aromatic heterocycles. The Kier molecular flexibility index (Phi) is 3.53. The fraction of sp³-hybridized carbons (Fsp3) is 0.333. The molecule has 0 amide bonds. The van der Waals surface area contributed by atoms with E-state index in [-0.39, 0.29) is 0 Å². The third kappa shape index (κ3) is 2.59. The molecule has 7 heteroatoms. The Morgan fingerprint density at radius 2 is 2.50 bits per heavy atom. The molecule has 16 heavy (non-hydrogen) atoms. The first-order valence-electron chi connectivity index (χ1n) is 4.77. The van der Waals surface area contributed by atoms with Gasteiger partial charge >= 0.3 is 0 Å². The Labute approximate surface area is 95.5 Å². The second-order valence-corrected chi connectivity index (χ2v) is 3.99. The second kappa shape index (κ2) is 5.29. The lowest BCUT2D eigenvalue weighted by Crippen LogP contribution is -1.87. The molecule has 0 saturated heterocycles. The van der Waals surface area contributed by atoms with Crippen LogP contribution in [-0.2, 0) is 6.42 Å². The monoisotopic (exact) mass is 235 g/mol. The normalized spacial score (nSPS) is 10.0. The van der Waals surface area contributed by atoms with E-state index >= 15 is 0 Å². The SMILES string of the molecule is [N-]=[N+]=NCCCc1nc(-c2cccs2)no1. The molecule has 2 aromatic rings. The number of thiophene rings is 1. The molecular formula is C9H9N5OS. The Bertz CT molecular complexity index is 486. The topological polar surface area (TPSA) is 87.7 Å². The third-order valence-corrected chi connectivity index (χ3v) is 2.79. The van der Waals surface area contributed by atoms with E-state index in [1.54, 1.807) is 11.3 Å². The molecule has 0 fully saturated rings. The number of hydrogen-bond donors (Lipinski definition) is 0. The van der Waals surface area contributed by atoms with Gasteiger partial charge in [0.15, 0.2) is 0 Å². The summed E-state index contributed by atoms with van der Waals surface area (Å²) >= 11 is 1.57. The predicted octanol–water partition coefficient (Wildman–Crippen LogP) is 3.04. The van der Waals surface area contributed by atoms with Crippen LogP contribution in [0.5, 0.6) is 0 Å². The maximum absolute atomic E-state index is 8.10. The Hall–Kier alpha value is -1.85. The van der Waals surface area contributed by atoms with Gasteiger partial charge in [-0.2, -0.15) is 4.98 Å². The summed E-state index contributed by atoms with van der Waals surface area (Å²) < 4.78 is 5.08. The van der Waals surface area contributed by atoms with E-state index < -0.39 is 0 Å². The number of aryl methyl sites for hydroxylation is 1. The summed E-state index contributed by atoms with van der Waals surface area (Å²) in [5, 5.41) is 9.28. The fourth-order valence-electron chi connectivity index (χ4n) is 1.21. The number of azide groups is 1. The number of aromatic nitrogens is 2. The quantitative estimate of drug-likeness (QED) is 0.345. The zero-order valence-electron chi connectivity index (χ0n) is 8.41. The fourth-order valence-corrected chi connectivity index (χ4v) is 1.86. The summed E-state index contributed by atoms with van der Waals surface area (Å²) in [7, 11) is 0. The molecule has 0 saturated carbocycles. The van der Waals surface area contributed by atoms with E-state index in [0.717, 1.165) is 11.3 Å². The second-order valence-electron chi connectivity index (χ2n) is 3.05. The molecule has 0 radical (unpaired) electrons. The van der Waals surface area contributed by atoms with Gasteiger partial charge < -0.3 is 4.52 Å². The molecule has 0 spiro atoms. The predicted molar refractivity (Wildman–Crippen MR) is 59.9 cm³/mol. The molecule has 0 aromatic carbocycles. The molecule has 0 unspecified atom stereocenters. The van der Waals surface area contributed by atoms with Crippen LogP contribution in [0.1, 0.15) is 12.3 Å². The van der Waals surface area contributed by atoms with Gasteiger partial charge in [0.05, 0.1) is 4.88 Å². The van der Waals surface area contributed by atoms with E-state index in [1.165, 1.54) is 0 Å². The van der Waals surface area contributed by atoms with Crippen LogP contribution in [0.2, 0.25) is 0 Å². The zero-order chi connectivity index (χ0) is 11.2. The number of hydrogen-bond acceptors (Lipinski definition) is 5. The summed E-state index contributed by atoms with van der Waals surface area (Å²) in [5.41, 5.74) is 8.10. The molecule has 0 aliphatic rings. The van der Waals surface area contributed by atoms with E-state index in [9.17, 15) is 0 Å². The van der Waals surface area contributed by atoms with Gasteiger partial charge in [-0.25, -0.2) is 0 Å². The minimum atomic E-state index is 0.452.